The van der Waals surface area contributed by atoms with Crippen molar-refractivity contribution < 1.29 is 0 Å². The molecule has 0 aromatic rings. The van der Waals surface area contributed by atoms with Crippen molar-refractivity contribution >= 4 is 0 Å². The van der Waals surface area contributed by atoms with Gasteiger partial charge in [0.1, 0.15) is 0 Å². The number of likely N-dealkylation sites (tertiary alicyclic amines) is 1. The van der Waals surface area contributed by atoms with E-state index in [9.17, 15) is 0 Å². The Bertz CT molecular complexity index is 269. The molecule has 2 rings (SSSR count). The first-order valence-corrected chi connectivity index (χ1v) is 8.12. The van der Waals surface area contributed by atoms with Crippen LogP contribution in [0.25, 0.3) is 0 Å². The fourth-order valence-electron chi connectivity index (χ4n) is 4.17. The standard InChI is InChI=1S/C16H33N3/c1-13-5-6-16(17-2)15(9-13)12-19(4)11-14-7-8-18(3)10-14/h13-17H,5-12H2,1-4H3. The fraction of sp³-hybridized carbons (Fsp3) is 1.00. The van der Waals surface area contributed by atoms with Crippen LogP contribution in [0.3, 0.4) is 0 Å². The summed E-state index contributed by atoms with van der Waals surface area (Å²) >= 11 is 0. The van der Waals surface area contributed by atoms with Crippen LogP contribution in [0.15, 0.2) is 0 Å². The first-order chi connectivity index (χ1) is 9.08. The van der Waals surface area contributed by atoms with Gasteiger partial charge in [-0.25, -0.2) is 0 Å². The van der Waals surface area contributed by atoms with E-state index in [0.717, 1.165) is 23.8 Å². The molecule has 0 aromatic carbocycles. The number of hydrogen-bond acceptors (Lipinski definition) is 3. The Hall–Kier alpha value is -0.120. The molecule has 1 N–H and O–H groups in total. The van der Waals surface area contributed by atoms with Crippen molar-refractivity contribution in [2.45, 2.75) is 38.6 Å². The molecule has 1 aliphatic carbocycles. The quantitative estimate of drug-likeness (QED) is 0.821. The van der Waals surface area contributed by atoms with Gasteiger partial charge in [-0.3, -0.25) is 0 Å². The van der Waals surface area contributed by atoms with Crippen LogP contribution in [0.1, 0.15) is 32.6 Å². The first-order valence-electron chi connectivity index (χ1n) is 8.12. The van der Waals surface area contributed by atoms with Gasteiger partial charge in [-0.15, -0.1) is 0 Å². The summed E-state index contributed by atoms with van der Waals surface area (Å²) in [7, 11) is 6.71. The maximum atomic E-state index is 3.55. The second-order valence-corrected chi connectivity index (χ2v) is 7.21. The number of nitrogens with zero attached hydrogens (tertiary/aromatic N) is 2. The van der Waals surface area contributed by atoms with E-state index in [0.29, 0.717) is 0 Å². The summed E-state index contributed by atoms with van der Waals surface area (Å²) in [4.78, 5) is 5.06. The molecular formula is C16H33N3. The van der Waals surface area contributed by atoms with Crippen molar-refractivity contribution in [3.8, 4) is 0 Å². The SMILES string of the molecule is CNC1CCC(C)CC1CN(C)CC1CCN(C)C1. The summed E-state index contributed by atoms with van der Waals surface area (Å²) in [6, 6.07) is 0.741. The number of rotatable bonds is 5. The molecule has 0 aromatic heterocycles. The second-order valence-electron chi connectivity index (χ2n) is 7.21. The molecule has 1 heterocycles. The van der Waals surface area contributed by atoms with Gasteiger partial charge in [-0.2, -0.15) is 0 Å². The van der Waals surface area contributed by atoms with Gasteiger partial charge in [0.05, 0.1) is 0 Å². The number of nitrogens with one attached hydrogen (secondary N) is 1. The molecule has 112 valence electrons. The van der Waals surface area contributed by atoms with Crippen LogP contribution >= 0.6 is 0 Å². The van der Waals surface area contributed by atoms with Crippen molar-refractivity contribution in [1.82, 2.24) is 15.1 Å². The predicted molar refractivity (Wildman–Crippen MR) is 82.5 cm³/mol. The zero-order valence-corrected chi connectivity index (χ0v) is 13.4. The summed E-state index contributed by atoms with van der Waals surface area (Å²) in [6.45, 7) is 7.56. The minimum Gasteiger partial charge on any atom is -0.317 e. The van der Waals surface area contributed by atoms with E-state index in [1.165, 1.54) is 51.9 Å². The van der Waals surface area contributed by atoms with E-state index in [2.05, 4.69) is 43.2 Å². The maximum Gasteiger partial charge on any atom is 0.0105 e. The lowest BCUT2D eigenvalue weighted by Gasteiger charge is -2.37. The molecule has 2 fully saturated rings. The van der Waals surface area contributed by atoms with Crippen LogP contribution in [0, 0.1) is 17.8 Å². The Morgan fingerprint density at radius 1 is 1.21 bits per heavy atom. The summed E-state index contributed by atoms with van der Waals surface area (Å²) in [5.74, 6) is 2.66. The summed E-state index contributed by atoms with van der Waals surface area (Å²) in [5.41, 5.74) is 0. The van der Waals surface area contributed by atoms with Crippen molar-refractivity contribution in [3.05, 3.63) is 0 Å². The van der Waals surface area contributed by atoms with Gasteiger partial charge >= 0.3 is 0 Å². The fourth-order valence-corrected chi connectivity index (χ4v) is 4.17. The van der Waals surface area contributed by atoms with Gasteiger partial charge in [-0.1, -0.05) is 6.92 Å². The van der Waals surface area contributed by atoms with Crippen LogP contribution in [-0.4, -0.2) is 63.2 Å². The molecule has 1 saturated carbocycles. The summed E-state index contributed by atoms with van der Waals surface area (Å²) < 4.78 is 0. The van der Waals surface area contributed by atoms with E-state index in [1.54, 1.807) is 0 Å². The summed E-state index contributed by atoms with van der Waals surface area (Å²) in [6.07, 6.45) is 5.55. The first kappa shape index (κ1) is 15.3. The van der Waals surface area contributed by atoms with Crippen LogP contribution in [0.4, 0.5) is 0 Å². The topological polar surface area (TPSA) is 18.5 Å². The monoisotopic (exact) mass is 267 g/mol. The van der Waals surface area contributed by atoms with E-state index in [-0.39, 0.29) is 0 Å². The Morgan fingerprint density at radius 2 is 2.00 bits per heavy atom. The highest BCUT2D eigenvalue weighted by Gasteiger charge is 2.29. The molecule has 0 bridgehead atoms. The molecule has 2 aliphatic rings. The zero-order chi connectivity index (χ0) is 13.8. The highest BCUT2D eigenvalue weighted by molar-refractivity contribution is 4.85. The molecule has 3 nitrogen and oxygen atoms in total. The zero-order valence-electron chi connectivity index (χ0n) is 13.4. The van der Waals surface area contributed by atoms with Gasteiger partial charge in [0.25, 0.3) is 0 Å². The molecular weight excluding hydrogens is 234 g/mol. The van der Waals surface area contributed by atoms with E-state index < -0.39 is 0 Å². The van der Waals surface area contributed by atoms with Crippen LogP contribution in [0.2, 0.25) is 0 Å². The van der Waals surface area contributed by atoms with Crippen LogP contribution in [-0.2, 0) is 0 Å². The largest absolute Gasteiger partial charge is 0.317 e. The Balaban J connectivity index is 1.77. The second kappa shape index (κ2) is 7.05. The van der Waals surface area contributed by atoms with Crippen molar-refractivity contribution in [1.29, 1.82) is 0 Å². The van der Waals surface area contributed by atoms with E-state index in [1.807, 2.05) is 0 Å². The van der Waals surface area contributed by atoms with Gasteiger partial charge < -0.3 is 15.1 Å². The third-order valence-electron chi connectivity index (χ3n) is 5.22. The third-order valence-corrected chi connectivity index (χ3v) is 5.22. The Morgan fingerprint density at radius 3 is 2.63 bits per heavy atom. The predicted octanol–water partition coefficient (Wildman–Crippen LogP) is 1.89. The van der Waals surface area contributed by atoms with Gasteiger partial charge in [0.2, 0.25) is 0 Å². The lowest BCUT2D eigenvalue weighted by Crippen LogP contribution is -2.44. The minimum absolute atomic E-state index is 0.741. The highest BCUT2D eigenvalue weighted by atomic mass is 15.2. The van der Waals surface area contributed by atoms with Gasteiger partial charge in [-0.05, 0) is 71.1 Å². The third kappa shape index (κ3) is 4.44. The molecule has 0 radical (unpaired) electrons. The Kier molecular flexibility index (Phi) is 5.67. The number of hydrogen-bond donors (Lipinski definition) is 1. The van der Waals surface area contributed by atoms with Crippen LogP contribution in [0.5, 0.6) is 0 Å². The molecule has 1 saturated heterocycles. The molecule has 4 unspecified atom stereocenters. The Labute approximate surface area is 119 Å². The van der Waals surface area contributed by atoms with E-state index in [4.69, 9.17) is 0 Å². The molecule has 19 heavy (non-hydrogen) atoms. The van der Waals surface area contributed by atoms with Gasteiger partial charge in [0, 0.05) is 25.7 Å². The van der Waals surface area contributed by atoms with Crippen LogP contribution < -0.4 is 5.32 Å². The lowest BCUT2D eigenvalue weighted by molar-refractivity contribution is 0.154. The average Bonchev–Trinajstić information content (AvgIpc) is 2.75. The lowest BCUT2D eigenvalue weighted by atomic mass is 9.78. The van der Waals surface area contributed by atoms with Crippen molar-refractivity contribution in [3.63, 3.8) is 0 Å². The average molecular weight is 267 g/mol. The molecule has 0 amide bonds. The maximum absolute atomic E-state index is 3.55. The van der Waals surface area contributed by atoms with Crippen molar-refractivity contribution in [2.24, 2.45) is 17.8 Å². The van der Waals surface area contributed by atoms with Crippen molar-refractivity contribution in [2.75, 3.05) is 47.3 Å². The molecule has 1 aliphatic heterocycles. The molecule has 3 heteroatoms. The molecule has 0 spiro atoms. The smallest absolute Gasteiger partial charge is 0.0105 e. The van der Waals surface area contributed by atoms with Gasteiger partial charge in [0.15, 0.2) is 0 Å². The highest BCUT2D eigenvalue weighted by Crippen LogP contribution is 2.29. The molecule has 4 atom stereocenters. The summed E-state index contributed by atoms with van der Waals surface area (Å²) in [5, 5.41) is 3.55. The van der Waals surface area contributed by atoms with E-state index >= 15 is 0 Å². The minimum atomic E-state index is 0.741. The normalized spacial score (nSPS) is 37.1.